The Balaban J connectivity index is 2.64. The van der Waals surface area contributed by atoms with Crippen LogP contribution in [0.3, 0.4) is 0 Å². The number of nitrogens with one attached hydrogen (secondary N) is 1. The Morgan fingerprint density at radius 1 is 1.30 bits per heavy atom. The Labute approximate surface area is 121 Å². The van der Waals surface area contributed by atoms with Crippen molar-refractivity contribution < 1.29 is 9.90 Å². The van der Waals surface area contributed by atoms with Crippen molar-refractivity contribution in [3.63, 3.8) is 0 Å². The quantitative estimate of drug-likeness (QED) is 0.746. The van der Waals surface area contributed by atoms with Crippen LogP contribution >= 0.6 is 0 Å². The maximum absolute atomic E-state index is 12.2. The number of amides is 1. The monoisotopic (exact) mass is 278 g/mol. The average molecular weight is 278 g/mol. The Morgan fingerprint density at radius 3 is 2.35 bits per heavy atom. The van der Waals surface area contributed by atoms with Gasteiger partial charge in [0.2, 0.25) is 5.91 Å². The highest BCUT2D eigenvalue weighted by atomic mass is 16.2. The van der Waals surface area contributed by atoms with E-state index in [4.69, 9.17) is 10.8 Å². The number of rotatable bonds is 6. The lowest BCUT2D eigenvalue weighted by Gasteiger charge is -2.24. The summed E-state index contributed by atoms with van der Waals surface area (Å²) in [6.07, 6.45) is 1.39. The number of nitrogens with two attached hydrogens (primary N) is 1. The lowest BCUT2D eigenvalue weighted by molar-refractivity contribution is -0.120. The van der Waals surface area contributed by atoms with Crippen LogP contribution in [0, 0.1) is 11.3 Å². The van der Waals surface area contributed by atoms with Gasteiger partial charge in [-0.25, -0.2) is 0 Å². The molecule has 0 saturated carbocycles. The summed E-state index contributed by atoms with van der Waals surface area (Å²) in [4.78, 5) is 12.2. The molecule has 0 aliphatic heterocycles. The number of aliphatic hydroxyl groups is 1. The molecule has 4 nitrogen and oxygen atoms in total. The van der Waals surface area contributed by atoms with E-state index in [2.05, 4.69) is 26.1 Å². The molecule has 0 heterocycles. The van der Waals surface area contributed by atoms with Crippen LogP contribution < -0.4 is 11.1 Å². The third-order valence-electron chi connectivity index (χ3n) is 3.14. The standard InChI is InChI=1S/C16H26N2O2/c1-16(2,3)10-13(11-17)15(20)18-14-6-4-12(5-7-14)8-9-19/h4-7,13,19H,8-11,17H2,1-3H3,(H,18,20). The number of carbonyl (C=O) groups excluding carboxylic acids is 1. The summed E-state index contributed by atoms with van der Waals surface area (Å²) in [5.74, 6) is -0.204. The summed E-state index contributed by atoms with van der Waals surface area (Å²) in [6, 6.07) is 7.53. The van der Waals surface area contributed by atoms with Crippen molar-refractivity contribution in [3.8, 4) is 0 Å². The molecule has 0 fully saturated rings. The molecule has 1 atom stereocenters. The minimum Gasteiger partial charge on any atom is -0.396 e. The highest BCUT2D eigenvalue weighted by Crippen LogP contribution is 2.25. The summed E-state index contributed by atoms with van der Waals surface area (Å²) < 4.78 is 0. The van der Waals surface area contributed by atoms with Gasteiger partial charge in [0.1, 0.15) is 0 Å². The summed E-state index contributed by atoms with van der Waals surface area (Å²) in [5, 5.41) is 11.8. The molecule has 1 unspecified atom stereocenters. The maximum atomic E-state index is 12.2. The molecule has 1 rings (SSSR count). The van der Waals surface area contributed by atoms with Crippen molar-refractivity contribution >= 4 is 11.6 Å². The number of carbonyl (C=O) groups is 1. The molecule has 1 amide bonds. The molecule has 0 radical (unpaired) electrons. The van der Waals surface area contributed by atoms with Crippen LogP contribution in [0.15, 0.2) is 24.3 Å². The predicted octanol–water partition coefficient (Wildman–Crippen LogP) is 2.17. The molecular weight excluding hydrogens is 252 g/mol. The zero-order chi connectivity index (χ0) is 15.2. The first-order chi connectivity index (χ1) is 9.35. The fourth-order valence-corrected chi connectivity index (χ4v) is 2.15. The van der Waals surface area contributed by atoms with Crippen molar-refractivity contribution in [2.24, 2.45) is 17.1 Å². The second kappa shape index (κ2) is 7.41. The van der Waals surface area contributed by atoms with E-state index < -0.39 is 0 Å². The van der Waals surface area contributed by atoms with Crippen LogP contribution in [0.25, 0.3) is 0 Å². The first-order valence-corrected chi connectivity index (χ1v) is 7.06. The molecule has 1 aromatic rings. The Hall–Kier alpha value is -1.39. The third-order valence-corrected chi connectivity index (χ3v) is 3.14. The van der Waals surface area contributed by atoms with E-state index in [9.17, 15) is 4.79 Å². The zero-order valence-corrected chi connectivity index (χ0v) is 12.6. The van der Waals surface area contributed by atoms with E-state index in [0.29, 0.717) is 13.0 Å². The summed E-state index contributed by atoms with van der Waals surface area (Å²) in [6.45, 7) is 6.80. The Kier molecular flexibility index (Phi) is 6.17. The van der Waals surface area contributed by atoms with Crippen LogP contribution in [0.5, 0.6) is 0 Å². The molecule has 0 bridgehead atoms. The number of aliphatic hydroxyl groups excluding tert-OH is 1. The molecule has 0 aliphatic carbocycles. The SMILES string of the molecule is CC(C)(C)CC(CN)C(=O)Nc1ccc(CCO)cc1. The van der Waals surface area contributed by atoms with E-state index in [1.807, 2.05) is 24.3 Å². The van der Waals surface area contributed by atoms with Crippen molar-refractivity contribution in [3.05, 3.63) is 29.8 Å². The maximum Gasteiger partial charge on any atom is 0.228 e. The second-order valence-electron chi connectivity index (χ2n) is 6.36. The van der Waals surface area contributed by atoms with Gasteiger partial charge in [-0.1, -0.05) is 32.9 Å². The second-order valence-corrected chi connectivity index (χ2v) is 6.36. The van der Waals surface area contributed by atoms with Crippen LogP contribution in [-0.2, 0) is 11.2 Å². The zero-order valence-electron chi connectivity index (χ0n) is 12.6. The normalized spacial score (nSPS) is 13.1. The van der Waals surface area contributed by atoms with Gasteiger partial charge in [-0.15, -0.1) is 0 Å². The van der Waals surface area contributed by atoms with Crippen molar-refractivity contribution in [2.45, 2.75) is 33.6 Å². The van der Waals surface area contributed by atoms with Gasteiger partial charge in [0.05, 0.1) is 5.92 Å². The van der Waals surface area contributed by atoms with Crippen molar-refractivity contribution in [1.82, 2.24) is 0 Å². The first kappa shape index (κ1) is 16.7. The molecule has 4 heteroatoms. The minimum atomic E-state index is -0.174. The number of hydrogen-bond donors (Lipinski definition) is 3. The fourth-order valence-electron chi connectivity index (χ4n) is 2.15. The number of benzene rings is 1. The van der Waals surface area contributed by atoms with E-state index in [0.717, 1.165) is 17.7 Å². The predicted molar refractivity (Wildman–Crippen MR) is 82.5 cm³/mol. The third kappa shape index (κ3) is 5.72. The van der Waals surface area contributed by atoms with Crippen molar-refractivity contribution in [1.29, 1.82) is 0 Å². The number of anilines is 1. The van der Waals surface area contributed by atoms with Gasteiger partial charge in [0.15, 0.2) is 0 Å². The molecule has 0 aromatic heterocycles. The highest BCUT2D eigenvalue weighted by molar-refractivity contribution is 5.92. The van der Waals surface area contributed by atoms with Gasteiger partial charge >= 0.3 is 0 Å². The van der Waals surface area contributed by atoms with Gasteiger partial charge in [0.25, 0.3) is 0 Å². The topological polar surface area (TPSA) is 75.4 Å². The molecule has 0 spiro atoms. The van der Waals surface area contributed by atoms with E-state index in [-0.39, 0.29) is 23.8 Å². The van der Waals surface area contributed by atoms with Crippen molar-refractivity contribution in [2.75, 3.05) is 18.5 Å². The highest BCUT2D eigenvalue weighted by Gasteiger charge is 2.23. The summed E-state index contributed by atoms with van der Waals surface area (Å²) >= 11 is 0. The molecular formula is C16H26N2O2. The van der Waals surface area contributed by atoms with E-state index in [1.165, 1.54) is 0 Å². The van der Waals surface area contributed by atoms with Crippen LogP contribution in [-0.4, -0.2) is 24.2 Å². The van der Waals surface area contributed by atoms with Gasteiger partial charge in [-0.3, -0.25) is 4.79 Å². The van der Waals surface area contributed by atoms with Gasteiger partial charge in [0, 0.05) is 18.8 Å². The van der Waals surface area contributed by atoms with E-state index in [1.54, 1.807) is 0 Å². The molecule has 0 saturated heterocycles. The fraction of sp³-hybridized carbons (Fsp3) is 0.562. The molecule has 20 heavy (non-hydrogen) atoms. The molecule has 4 N–H and O–H groups in total. The Morgan fingerprint density at radius 2 is 1.90 bits per heavy atom. The van der Waals surface area contributed by atoms with E-state index >= 15 is 0 Å². The summed E-state index contributed by atoms with van der Waals surface area (Å²) in [5.41, 5.74) is 7.60. The van der Waals surface area contributed by atoms with Gasteiger partial charge in [-0.2, -0.15) is 0 Å². The smallest absolute Gasteiger partial charge is 0.228 e. The lowest BCUT2D eigenvalue weighted by Crippen LogP contribution is -2.32. The Bertz CT molecular complexity index is 421. The van der Waals surface area contributed by atoms with Crippen LogP contribution in [0.4, 0.5) is 5.69 Å². The molecule has 0 aliphatic rings. The molecule has 1 aromatic carbocycles. The van der Waals surface area contributed by atoms with Crippen LogP contribution in [0.2, 0.25) is 0 Å². The lowest BCUT2D eigenvalue weighted by atomic mass is 9.84. The average Bonchev–Trinajstić information content (AvgIpc) is 2.37. The largest absolute Gasteiger partial charge is 0.396 e. The summed E-state index contributed by atoms with van der Waals surface area (Å²) in [7, 11) is 0. The minimum absolute atomic E-state index is 0.0302. The van der Waals surface area contributed by atoms with Crippen LogP contribution in [0.1, 0.15) is 32.8 Å². The number of hydrogen-bond acceptors (Lipinski definition) is 3. The molecule has 112 valence electrons. The van der Waals surface area contributed by atoms with Gasteiger partial charge < -0.3 is 16.2 Å². The van der Waals surface area contributed by atoms with Gasteiger partial charge in [-0.05, 0) is 36.0 Å². The first-order valence-electron chi connectivity index (χ1n) is 7.06.